The minimum absolute atomic E-state index is 0.323. The second kappa shape index (κ2) is 7.13. The van der Waals surface area contributed by atoms with Crippen molar-refractivity contribution >= 4 is 21.4 Å². The number of aryl methyl sites for hydroxylation is 1. The highest BCUT2D eigenvalue weighted by molar-refractivity contribution is 7.89. The van der Waals surface area contributed by atoms with E-state index in [1.807, 2.05) is 11.4 Å². The van der Waals surface area contributed by atoms with E-state index in [4.69, 9.17) is 4.74 Å². The van der Waals surface area contributed by atoms with Crippen molar-refractivity contribution in [1.29, 1.82) is 0 Å². The average Bonchev–Trinajstić information content (AvgIpc) is 2.87. The molecule has 21 heavy (non-hydrogen) atoms. The highest BCUT2D eigenvalue weighted by Crippen LogP contribution is 2.14. The molecule has 1 N–H and O–H groups in total. The molecule has 0 bridgehead atoms. The Labute approximate surface area is 129 Å². The van der Waals surface area contributed by atoms with Gasteiger partial charge in [0.1, 0.15) is 5.01 Å². The largest absolute Gasteiger partial charge is 0.378 e. The summed E-state index contributed by atoms with van der Waals surface area (Å²) in [6, 6.07) is 6.93. The van der Waals surface area contributed by atoms with E-state index in [0.29, 0.717) is 24.5 Å². The van der Waals surface area contributed by atoms with Crippen molar-refractivity contribution in [3.63, 3.8) is 0 Å². The number of benzene rings is 1. The third-order valence-corrected chi connectivity index (χ3v) is 5.42. The molecule has 0 unspecified atom stereocenters. The van der Waals surface area contributed by atoms with E-state index in [9.17, 15) is 8.42 Å². The molecule has 2 rings (SSSR count). The van der Waals surface area contributed by atoms with Gasteiger partial charge < -0.3 is 4.74 Å². The van der Waals surface area contributed by atoms with Crippen molar-refractivity contribution in [3.8, 4) is 0 Å². The zero-order valence-corrected chi connectivity index (χ0v) is 13.6. The molecular formula is C14H18N2O3S2. The Kier molecular flexibility index (Phi) is 5.46. The number of ether oxygens (including phenoxy) is 1. The molecule has 5 nitrogen and oxygen atoms in total. The molecule has 0 aliphatic heterocycles. The number of nitrogens with one attached hydrogen (secondary N) is 1. The van der Waals surface area contributed by atoms with E-state index in [1.54, 1.807) is 32.2 Å². The summed E-state index contributed by atoms with van der Waals surface area (Å²) >= 11 is 1.52. The number of methoxy groups -OCH3 is 1. The molecular weight excluding hydrogens is 308 g/mol. The lowest BCUT2D eigenvalue weighted by Crippen LogP contribution is -2.26. The minimum Gasteiger partial charge on any atom is -0.378 e. The molecule has 2 aromatic rings. The second-order valence-corrected chi connectivity index (χ2v) is 7.26. The molecule has 114 valence electrons. The van der Waals surface area contributed by atoms with E-state index >= 15 is 0 Å². The Bertz CT molecular complexity index is 696. The van der Waals surface area contributed by atoms with Crippen LogP contribution in [0, 0.1) is 6.92 Å². The number of sulfonamides is 1. The number of nitrogens with zero attached hydrogens (tertiary/aromatic N) is 1. The smallest absolute Gasteiger partial charge is 0.240 e. The lowest BCUT2D eigenvalue weighted by Gasteiger charge is -2.08. The van der Waals surface area contributed by atoms with Crippen LogP contribution in [0.25, 0.3) is 0 Å². The molecule has 0 fully saturated rings. The Morgan fingerprint density at radius 3 is 2.81 bits per heavy atom. The highest BCUT2D eigenvalue weighted by atomic mass is 32.2. The van der Waals surface area contributed by atoms with Crippen LogP contribution in [0.4, 0.5) is 0 Å². The predicted molar refractivity (Wildman–Crippen MR) is 82.9 cm³/mol. The number of thiazole rings is 1. The number of hydrogen-bond acceptors (Lipinski definition) is 5. The standard InChI is InChI=1S/C14H18N2O3S2/c1-11-5-3-4-6-13(11)21(17,18)15-8-7-12-10-20-14(16-12)9-19-2/h3-6,10,15H,7-9H2,1-2H3. The van der Waals surface area contributed by atoms with Gasteiger partial charge in [-0.1, -0.05) is 18.2 Å². The molecule has 0 aliphatic rings. The maximum absolute atomic E-state index is 12.2. The first kappa shape index (κ1) is 16.1. The van der Waals surface area contributed by atoms with Crippen molar-refractivity contribution in [3.05, 3.63) is 45.9 Å². The Hall–Kier alpha value is -1.28. The Morgan fingerprint density at radius 2 is 2.10 bits per heavy atom. The monoisotopic (exact) mass is 326 g/mol. The molecule has 0 atom stereocenters. The summed E-state index contributed by atoms with van der Waals surface area (Å²) in [5.41, 5.74) is 1.61. The van der Waals surface area contributed by atoms with Crippen LogP contribution in [0.3, 0.4) is 0 Å². The summed E-state index contributed by atoms with van der Waals surface area (Å²) in [5, 5.41) is 2.82. The maximum Gasteiger partial charge on any atom is 0.240 e. The highest BCUT2D eigenvalue weighted by Gasteiger charge is 2.15. The molecule has 0 saturated carbocycles. The van der Waals surface area contributed by atoms with Crippen molar-refractivity contribution in [2.24, 2.45) is 0 Å². The fourth-order valence-corrected chi connectivity index (χ4v) is 3.98. The summed E-state index contributed by atoms with van der Waals surface area (Å²) in [7, 11) is -1.84. The van der Waals surface area contributed by atoms with Crippen LogP contribution in [-0.2, 0) is 27.8 Å². The van der Waals surface area contributed by atoms with E-state index in [2.05, 4.69) is 9.71 Å². The average molecular weight is 326 g/mol. The Balaban J connectivity index is 1.94. The van der Waals surface area contributed by atoms with Crippen molar-refractivity contribution in [2.75, 3.05) is 13.7 Å². The summed E-state index contributed by atoms with van der Waals surface area (Å²) in [6.07, 6.45) is 0.561. The molecule has 7 heteroatoms. The van der Waals surface area contributed by atoms with Gasteiger partial charge in [-0.25, -0.2) is 18.1 Å². The van der Waals surface area contributed by atoms with Gasteiger partial charge in [-0.05, 0) is 18.6 Å². The van der Waals surface area contributed by atoms with Crippen molar-refractivity contribution in [2.45, 2.75) is 24.8 Å². The van der Waals surface area contributed by atoms with Gasteiger partial charge in [-0.3, -0.25) is 0 Å². The van der Waals surface area contributed by atoms with Gasteiger partial charge in [0.05, 0.1) is 17.2 Å². The zero-order valence-electron chi connectivity index (χ0n) is 12.0. The van der Waals surface area contributed by atoms with Crippen LogP contribution >= 0.6 is 11.3 Å². The summed E-state index contributed by atoms with van der Waals surface area (Å²) < 4.78 is 32.0. The van der Waals surface area contributed by atoms with E-state index in [1.165, 1.54) is 11.3 Å². The van der Waals surface area contributed by atoms with Crippen LogP contribution in [-0.4, -0.2) is 27.1 Å². The first-order valence-electron chi connectivity index (χ1n) is 6.50. The quantitative estimate of drug-likeness (QED) is 0.846. The fraction of sp³-hybridized carbons (Fsp3) is 0.357. The number of aromatic nitrogens is 1. The zero-order chi connectivity index (χ0) is 15.3. The molecule has 0 spiro atoms. The van der Waals surface area contributed by atoms with Crippen LogP contribution in [0.1, 0.15) is 16.3 Å². The number of hydrogen-bond donors (Lipinski definition) is 1. The topological polar surface area (TPSA) is 68.3 Å². The third-order valence-electron chi connectivity index (χ3n) is 2.92. The predicted octanol–water partition coefficient (Wildman–Crippen LogP) is 2.12. The second-order valence-electron chi connectivity index (χ2n) is 4.58. The van der Waals surface area contributed by atoms with Crippen molar-refractivity contribution in [1.82, 2.24) is 9.71 Å². The molecule has 1 aromatic carbocycles. The van der Waals surface area contributed by atoms with Gasteiger partial charge in [0.2, 0.25) is 10.0 Å². The maximum atomic E-state index is 12.2. The first-order chi connectivity index (χ1) is 10.0. The minimum atomic E-state index is -3.46. The normalized spacial score (nSPS) is 11.7. The summed E-state index contributed by atoms with van der Waals surface area (Å²) in [4.78, 5) is 4.69. The van der Waals surface area contributed by atoms with Gasteiger partial charge in [0.15, 0.2) is 0 Å². The molecule has 1 heterocycles. The van der Waals surface area contributed by atoms with Gasteiger partial charge in [0.25, 0.3) is 0 Å². The Morgan fingerprint density at radius 1 is 1.33 bits per heavy atom. The lowest BCUT2D eigenvalue weighted by molar-refractivity contribution is 0.184. The van der Waals surface area contributed by atoms with E-state index in [-0.39, 0.29) is 0 Å². The first-order valence-corrected chi connectivity index (χ1v) is 8.87. The molecule has 1 aromatic heterocycles. The lowest BCUT2D eigenvalue weighted by atomic mass is 10.2. The van der Waals surface area contributed by atoms with Gasteiger partial charge in [0, 0.05) is 25.5 Å². The third kappa shape index (κ3) is 4.34. The molecule has 0 saturated heterocycles. The van der Waals surface area contributed by atoms with Crippen molar-refractivity contribution < 1.29 is 13.2 Å². The SMILES string of the molecule is COCc1nc(CCNS(=O)(=O)c2ccccc2C)cs1. The van der Waals surface area contributed by atoms with Crippen LogP contribution in [0.5, 0.6) is 0 Å². The van der Waals surface area contributed by atoms with Crippen LogP contribution in [0.15, 0.2) is 34.5 Å². The summed E-state index contributed by atoms with van der Waals surface area (Å²) in [6.45, 7) is 2.60. The molecule has 0 aliphatic carbocycles. The van der Waals surface area contributed by atoms with E-state index < -0.39 is 10.0 Å². The van der Waals surface area contributed by atoms with Gasteiger partial charge in [-0.15, -0.1) is 11.3 Å². The van der Waals surface area contributed by atoms with Crippen LogP contribution < -0.4 is 4.72 Å². The van der Waals surface area contributed by atoms with E-state index in [0.717, 1.165) is 16.3 Å². The summed E-state index contributed by atoms with van der Waals surface area (Å²) in [5.74, 6) is 0. The molecule has 0 amide bonds. The van der Waals surface area contributed by atoms with Gasteiger partial charge in [-0.2, -0.15) is 0 Å². The fourth-order valence-electron chi connectivity index (χ4n) is 1.90. The number of rotatable bonds is 7. The van der Waals surface area contributed by atoms with Gasteiger partial charge >= 0.3 is 0 Å². The van der Waals surface area contributed by atoms with Crippen LogP contribution in [0.2, 0.25) is 0 Å². The molecule has 0 radical (unpaired) electrons.